The molecular formula is C16H25N3O3. The molecule has 0 aromatic carbocycles. The molecule has 6 nitrogen and oxygen atoms in total. The Morgan fingerprint density at radius 2 is 2.27 bits per heavy atom. The Balaban J connectivity index is 1.87. The van der Waals surface area contributed by atoms with E-state index in [0.29, 0.717) is 32.0 Å². The molecule has 0 spiro atoms. The van der Waals surface area contributed by atoms with Crippen molar-refractivity contribution in [2.24, 2.45) is 0 Å². The minimum absolute atomic E-state index is 0.00413. The third kappa shape index (κ3) is 2.65. The first-order valence-corrected chi connectivity index (χ1v) is 8.24. The van der Waals surface area contributed by atoms with Crippen LogP contribution in [0.1, 0.15) is 42.9 Å². The average Bonchev–Trinajstić information content (AvgIpc) is 3.00. The first-order valence-electron chi connectivity index (χ1n) is 8.24. The van der Waals surface area contributed by atoms with Crippen LogP contribution in [0.5, 0.6) is 0 Å². The summed E-state index contributed by atoms with van der Waals surface area (Å²) in [6.45, 7) is 8.46. The van der Waals surface area contributed by atoms with Gasteiger partial charge in [-0.1, -0.05) is 0 Å². The number of aryl methyl sites for hydroxylation is 2. The van der Waals surface area contributed by atoms with Gasteiger partial charge in [0.05, 0.1) is 24.4 Å². The highest BCUT2D eigenvalue weighted by Crippen LogP contribution is 2.32. The smallest absolute Gasteiger partial charge is 0.272 e. The molecular weight excluding hydrogens is 282 g/mol. The minimum atomic E-state index is -0.00413. The summed E-state index contributed by atoms with van der Waals surface area (Å²) < 4.78 is 13.6. The van der Waals surface area contributed by atoms with E-state index in [2.05, 4.69) is 5.10 Å². The predicted molar refractivity (Wildman–Crippen MR) is 81.9 cm³/mol. The Hall–Kier alpha value is -1.40. The molecule has 2 bridgehead atoms. The number of aromatic nitrogens is 2. The lowest BCUT2D eigenvalue weighted by Gasteiger charge is -2.31. The van der Waals surface area contributed by atoms with Crippen molar-refractivity contribution >= 4 is 5.91 Å². The molecule has 6 heteroatoms. The van der Waals surface area contributed by atoms with Crippen LogP contribution in [0.15, 0.2) is 6.07 Å². The van der Waals surface area contributed by atoms with Crippen LogP contribution in [0.4, 0.5) is 0 Å². The molecule has 2 heterocycles. The van der Waals surface area contributed by atoms with Gasteiger partial charge in [-0.2, -0.15) is 5.10 Å². The van der Waals surface area contributed by atoms with E-state index in [4.69, 9.17) is 9.47 Å². The highest BCUT2D eigenvalue weighted by Gasteiger charge is 2.45. The molecule has 1 aliphatic heterocycles. The van der Waals surface area contributed by atoms with Gasteiger partial charge < -0.3 is 14.4 Å². The monoisotopic (exact) mass is 307 g/mol. The number of carbonyl (C=O) groups is 1. The van der Waals surface area contributed by atoms with E-state index in [0.717, 1.165) is 18.5 Å². The molecule has 2 fully saturated rings. The summed E-state index contributed by atoms with van der Waals surface area (Å²) in [6, 6.07) is 1.99. The zero-order chi connectivity index (χ0) is 15.7. The van der Waals surface area contributed by atoms with Crippen LogP contribution in [0.3, 0.4) is 0 Å². The molecule has 1 amide bonds. The molecule has 22 heavy (non-hydrogen) atoms. The summed E-state index contributed by atoms with van der Waals surface area (Å²) >= 11 is 0. The second kappa shape index (κ2) is 6.38. The fourth-order valence-electron chi connectivity index (χ4n) is 3.66. The summed E-state index contributed by atoms with van der Waals surface area (Å²) in [5.74, 6) is 0.0447. The molecule has 1 aromatic rings. The molecule has 1 saturated carbocycles. The van der Waals surface area contributed by atoms with E-state index in [1.165, 1.54) is 0 Å². The van der Waals surface area contributed by atoms with E-state index in [9.17, 15) is 4.79 Å². The lowest BCUT2D eigenvalue weighted by atomic mass is 10.1. The molecule has 1 aliphatic carbocycles. The van der Waals surface area contributed by atoms with Crippen LogP contribution in [0, 0.1) is 6.92 Å². The third-order valence-electron chi connectivity index (χ3n) is 4.60. The second-order valence-corrected chi connectivity index (χ2v) is 5.96. The highest BCUT2D eigenvalue weighted by atomic mass is 16.5. The molecule has 3 rings (SSSR count). The molecule has 3 atom stereocenters. The number of amides is 1. The van der Waals surface area contributed by atoms with Crippen LogP contribution in [0.2, 0.25) is 0 Å². The molecule has 2 aliphatic rings. The van der Waals surface area contributed by atoms with Crippen molar-refractivity contribution in [3.63, 3.8) is 0 Å². The summed E-state index contributed by atoms with van der Waals surface area (Å²) in [5, 5.41) is 4.39. The van der Waals surface area contributed by atoms with Gasteiger partial charge in [0.15, 0.2) is 0 Å². The fourth-order valence-corrected chi connectivity index (χ4v) is 3.66. The zero-order valence-electron chi connectivity index (χ0n) is 13.6. The standard InChI is InChI=1S/C16H25N3O3/c1-4-19-13(10-11(3)17-19)16(20)18-8-9-22-14-7-6-12(18)15(14)21-5-2/h10,12,14-15H,4-9H2,1-3H3. The number of hydrogen-bond acceptors (Lipinski definition) is 4. The van der Waals surface area contributed by atoms with E-state index in [1.807, 2.05) is 31.7 Å². The first kappa shape index (κ1) is 15.5. The summed E-state index contributed by atoms with van der Waals surface area (Å²) in [5.41, 5.74) is 1.54. The van der Waals surface area contributed by atoms with Crippen molar-refractivity contribution < 1.29 is 14.3 Å². The van der Waals surface area contributed by atoms with Gasteiger partial charge in [0.2, 0.25) is 0 Å². The van der Waals surface area contributed by atoms with Crippen LogP contribution in [0.25, 0.3) is 0 Å². The van der Waals surface area contributed by atoms with Crippen molar-refractivity contribution in [3.8, 4) is 0 Å². The SMILES string of the molecule is CCOC1C2CCC1N(C(=O)c1cc(C)nn1CC)CCO2. The first-order chi connectivity index (χ1) is 10.7. The quantitative estimate of drug-likeness (QED) is 0.848. The van der Waals surface area contributed by atoms with Gasteiger partial charge in [0.25, 0.3) is 5.91 Å². The summed E-state index contributed by atoms with van der Waals surface area (Å²) in [7, 11) is 0. The fraction of sp³-hybridized carbons (Fsp3) is 0.750. The Morgan fingerprint density at radius 1 is 1.45 bits per heavy atom. The largest absolute Gasteiger partial charge is 0.374 e. The van der Waals surface area contributed by atoms with E-state index in [-0.39, 0.29) is 24.2 Å². The van der Waals surface area contributed by atoms with Crippen molar-refractivity contribution in [1.82, 2.24) is 14.7 Å². The average molecular weight is 307 g/mol. The number of rotatable bonds is 4. The van der Waals surface area contributed by atoms with Crippen molar-refractivity contribution in [1.29, 1.82) is 0 Å². The zero-order valence-corrected chi connectivity index (χ0v) is 13.6. The molecule has 122 valence electrons. The number of nitrogens with zero attached hydrogens (tertiary/aromatic N) is 3. The number of fused-ring (bicyclic) bond motifs is 2. The van der Waals surface area contributed by atoms with Crippen molar-refractivity contribution in [2.75, 3.05) is 19.8 Å². The topological polar surface area (TPSA) is 56.6 Å². The van der Waals surface area contributed by atoms with Gasteiger partial charge in [-0.3, -0.25) is 9.48 Å². The van der Waals surface area contributed by atoms with E-state index >= 15 is 0 Å². The summed E-state index contributed by atoms with van der Waals surface area (Å²) in [6.07, 6.45) is 2.03. The maximum absolute atomic E-state index is 13.0. The van der Waals surface area contributed by atoms with Crippen LogP contribution in [-0.2, 0) is 16.0 Å². The van der Waals surface area contributed by atoms with Gasteiger partial charge >= 0.3 is 0 Å². The molecule has 0 N–H and O–H groups in total. The van der Waals surface area contributed by atoms with Crippen molar-refractivity contribution in [2.45, 2.75) is 58.4 Å². The van der Waals surface area contributed by atoms with Crippen LogP contribution < -0.4 is 0 Å². The Bertz CT molecular complexity index is 543. The number of ether oxygens (including phenoxy) is 2. The highest BCUT2D eigenvalue weighted by molar-refractivity contribution is 5.93. The minimum Gasteiger partial charge on any atom is -0.374 e. The lowest BCUT2D eigenvalue weighted by molar-refractivity contribution is -0.0484. The Labute approximate surface area is 131 Å². The predicted octanol–water partition coefficient (Wildman–Crippen LogP) is 1.62. The van der Waals surface area contributed by atoms with E-state index < -0.39 is 0 Å². The molecule has 1 aromatic heterocycles. The molecule has 1 saturated heterocycles. The third-order valence-corrected chi connectivity index (χ3v) is 4.60. The maximum Gasteiger partial charge on any atom is 0.272 e. The van der Waals surface area contributed by atoms with Gasteiger partial charge in [0.1, 0.15) is 11.8 Å². The maximum atomic E-state index is 13.0. The van der Waals surface area contributed by atoms with Gasteiger partial charge in [-0.05, 0) is 39.7 Å². The molecule has 3 unspecified atom stereocenters. The number of carbonyl (C=O) groups excluding carboxylic acids is 1. The van der Waals surface area contributed by atoms with Gasteiger partial charge in [0, 0.05) is 19.7 Å². The van der Waals surface area contributed by atoms with Gasteiger partial charge in [-0.25, -0.2) is 0 Å². The van der Waals surface area contributed by atoms with Crippen LogP contribution in [-0.4, -0.2) is 58.6 Å². The summed E-state index contributed by atoms with van der Waals surface area (Å²) in [4.78, 5) is 15.0. The molecule has 0 radical (unpaired) electrons. The van der Waals surface area contributed by atoms with Crippen molar-refractivity contribution in [3.05, 3.63) is 17.5 Å². The Kier molecular flexibility index (Phi) is 4.49. The Morgan fingerprint density at radius 3 is 3.00 bits per heavy atom. The normalized spacial score (nSPS) is 28.0. The van der Waals surface area contributed by atoms with E-state index in [1.54, 1.807) is 4.68 Å². The number of hydrogen-bond donors (Lipinski definition) is 0. The van der Waals surface area contributed by atoms with Gasteiger partial charge in [-0.15, -0.1) is 0 Å². The second-order valence-electron chi connectivity index (χ2n) is 5.96. The lowest BCUT2D eigenvalue weighted by Crippen LogP contribution is -2.47. The van der Waals surface area contributed by atoms with Crippen LogP contribution >= 0.6 is 0 Å².